The summed E-state index contributed by atoms with van der Waals surface area (Å²) in [5.41, 5.74) is -0.748. The van der Waals surface area contributed by atoms with Crippen LogP contribution in [0.5, 0.6) is 0 Å². The highest BCUT2D eigenvalue weighted by Crippen LogP contribution is 2.37. The number of amides is 1. The Hall–Kier alpha value is -2.72. The zero-order valence-corrected chi connectivity index (χ0v) is 25.3. The third-order valence-electron chi connectivity index (χ3n) is 6.28. The van der Waals surface area contributed by atoms with Gasteiger partial charge in [0.15, 0.2) is 0 Å². The molecule has 9 heteroatoms. The van der Waals surface area contributed by atoms with Crippen molar-refractivity contribution in [1.82, 2.24) is 5.32 Å². The maximum atomic E-state index is 12.8. The van der Waals surface area contributed by atoms with Crippen molar-refractivity contribution in [2.45, 2.75) is 90.2 Å². The molecule has 8 nitrogen and oxygen atoms in total. The smallest absolute Gasteiger partial charge is 0.408 e. The van der Waals surface area contributed by atoms with E-state index in [0.717, 1.165) is 10.4 Å². The van der Waals surface area contributed by atoms with Crippen LogP contribution in [-0.2, 0) is 18.7 Å². The van der Waals surface area contributed by atoms with Gasteiger partial charge in [0, 0.05) is 6.42 Å². The van der Waals surface area contributed by atoms with Crippen molar-refractivity contribution in [3.05, 3.63) is 60.7 Å². The fraction of sp³-hybridized carbons (Fsp3) is 0.533. The quantitative estimate of drug-likeness (QED) is 0.269. The topological polar surface area (TPSA) is 114 Å². The molecule has 0 aromatic heterocycles. The summed E-state index contributed by atoms with van der Waals surface area (Å²) in [5, 5.41) is 26.2. The normalized spacial score (nSPS) is 14.7. The van der Waals surface area contributed by atoms with Gasteiger partial charge in [-0.05, 0) is 43.1 Å². The molecule has 0 bridgehead atoms. The maximum absolute atomic E-state index is 12.8. The fourth-order valence-corrected chi connectivity index (χ4v) is 9.21. The largest absolute Gasteiger partial charge is 0.466 e. The second-order valence-electron chi connectivity index (χ2n) is 11.7. The minimum Gasteiger partial charge on any atom is -0.466 e. The molecule has 0 aliphatic rings. The molecule has 2 aromatic carbocycles. The first-order valence-corrected chi connectivity index (χ1v) is 15.4. The van der Waals surface area contributed by atoms with Crippen LogP contribution in [0.15, 0.2) is 60.7 Å². The first kappa shape index (κ1) is 32.5. The standard InChI is InChI=1S/C30H45NO7Si/c1-8-36-27(34)20-22(32)19-26(33)25(31-28(35)38-29(2,3)4)21-37-39(30(5,6)7,23-15-11-9-12-16-23)24-17-13-10-14-18-24/h9-18,22,25-26,32-33H,8,19-21H2,1-7H3,(H,31,35)/t22-,25-,26-/m0/s1. The number of esters is 1. The number of nitrogens with one attached hydrogen (secondary N) is 1. The third kappa shape index (κ3) is 9.46. The Labute approximate surface area is 233 Å². The summed E-state index contributed by atoms with van der Waals surface area (Å²) in [5.74, 6) is -0.558. The zero-order valence-electron chi connectivity index (χ0n) is 24.3. The van der Waals surface area contributed by atoms with Crippen LogP contribution in [-0.4, -0.2) is 67.7 Å². The Bertz CT molecular complexity index is 995. The van der Waals surface area contributed by atoms with Crippen LogP contribution < -0.4 is 15.7 Å². The van der Waals surface area contributed by atoms with Crippen molar-refractivity contribution in [1.29, 1.82) is 0 Å². The molecule has 0 saturated heterocycles. The maximum Gasteiger partial charge on any atom is 0.408 e. The van der Waals surface area contributed by atoms with Crippen molar-refractivity contribution >= 4 is 30.8 Å². The van der Waals surface area contributed by atoms with Crippen molar-refractivity contribution in [2.75, 3.05) is 13.2 Å². The van der Waals surface area contributed by atoms with Crippen LogP contribution in [0, 0.1) is 0 Å². The molecular weight excluding hydrogens is 514 g/mol. The highest BCUT2D eigenvalue weighted by Gasteiger charge is 2.50. The van der Waals surface area contributed by atoms with E-state index < -0.39 is 44.2 Å². The summed E-state index contributed by atoms with van der Waals surface area (Å²) < 4.78 is 17.3. The lowest BCUT2D eigenvalue weighted by Crippen LogP contribution is -2.67. The molecule has 39 heavy (non-hydrogen) atoms. The Kier molecular flexibility index (Phi) is 11.7. The number of carbonyl (C=O) groups is 2. The van der Waals surface area contributed by atoms with E-state index in [9.17, 15) is 19.8 Å². The second kappa shape index (κ2) is 14.1. The number of hydrogen-bond acceptors (Lipinski definition) is 7. The molecule has 0 heterocycles. The number of carbonyl (C=O) groups excluding carboxylic acids is 2. The molecule has 0 fully saturated rings. The number of alkyl carbamates (subject to hydrolysis) is 1. The fourth-order valence-electron chi connectivity index (χ4n) is 4.62. The van der Waals surface area contributed by atoms with E-state index in [-0.39, 0.29) is 31.1 Å². The van der Waals surface area contributed by atoms with Crippen LogP contribution in [0.3, 0.4) is 0 Å². The van der Waals surface area contributed by atoms with Gasteiger partial charge in [-0.15, -0.1) is 0 Å². The average Bonchev–Trinajstić information content (AvgIpc) is 2.83. The van der Waals surface area contributed by atoms with Crippen LogP contribution in [0.4, 0.5) is 4.79 Å². The number of ether oxygens (including phenoxy) is 2. The summed E-state index contributed by atoms with van der Waals surface area (Å²) in [6, 6.07) is 19.1. The van der Waals surface area contributed by atoms with Crippen LogP contribution >= 0.6 is 0 Å². The Morgan fingerprint density at radius 1 is 0.897 bits per heavy atom. The molecule has 2 aromatic rings. The SMILES string of the molecule is CCOC(=O)C[C@@H](O)C[C@H](O)[C@H](CO[Si](c1ccccc1)(c1ccccc1)C(C)(C)C)NC(=O)OC(C)(C)C. The summed E-state index contributed by atoms with van der Waals surface area (Å²) in [6.07, 6.45) is -3.52. The lowest BCUT2D eigenvalue weighted by Gasteiger charge is -2.44. The molecule has 0 radical (unpaired) electrons. The molecular formula is C30H45NO7Si. The lowest BCUT2D eigenvalue weighted by atomic mass is 10.0. The van der Waals surface area contributed by atoms with Crippen molar-refractivity contribution in [2.24, 2.45) is 0 Å². The van der Waals surface area contributed by atoms with E-state index in [2.05, 4.69) is 50.4 Å². The van der Waals surface area contributed by atoms with Gasteiger partial charge in [0.25, 0.3) is 8.32 Å². The Balaban J connectivity index is 2.43. The summed E-state index contributed by atoms with van der Waals surface area (Å²) in [6.45, 7) is 13.5. The number of benzene rings is 2. The minimum absolute atomic E-state index is 0.0418. The van der Waals surface area contributed by atoms with Crippen molar-refractivity contribution in [3.63, 3.8) is 0 Å². The van der Waals surface area contributed by atoms with Gasteiger partial charge in [-0.3, -0.25) is 4.79 Å². The van der Waals surface area contributed by atoms with Gasteiger partial charge in [-0.1, -0.05) is 81.4 Å². The molecule has 0 aliphatic carbocycles. The first-order valence-electron chi connectivity index (χ1n) is 13.5. The van der Waals surface area contributed by atoms with Gasteiger partial charge in [0.05, 0.1) is 37.9 Å². The van der Waals surface area contributed by atoms with Gasteiger partial charge in [-0.25, -0.2) is 4.79 Å². The zero-order chi connectivity index (χ0) is 29.3. The molecule has 216 valence electrons. The first-order chi connectivity index (χ1) is 18.2. The molecule has 3 atom stereocenters. The number of hydrogen-bond donors (Lipinski definition) is 3. The van der Waals surface area contributed by atoms with Gasteiger partial charge in [-0.2, -0.15) is 0 Å². The molecule has 3 N–H and O–H groups in total. The minimum atomic E-state index is -2.97. The van der Waals surface area contributed by atoms with Gasteiger partial charge in [0.1, 0.15) is 5.60 Å². The number of aliphatic hydroxyl groups excluding tert-OH is 2. The van der Waals surface area contributed by atoms with Crippen molar-refractivity contribution < 1.29 is 33.7 Å². The lowest BCUT2D eigenvalue weighted by molar-refractivity contribution is -0.145. The molecule has 0 unspecified atom stereocenters. The monoisotopic (exact) mass is 559 g/mol. The highest BCUT2D eigenvalue weighted by molar-refractivity contribution is 6.99. The van der Waals surface area contributed by atoms with Crippen LogP contribution in [0.25, 0.3) is 0 Å². The van der Waals surface area contributed by atoms with Gasteiger partial charge >= 0.3 is 12.1 Å². The Morgan fingerprint density at radius 3 is 1.85 bits per heavy atom. The number of rotatable bonds is 12. The third-order valence-corrected chi connectivity index (χ3v) is 11.3. The summed E-state index contributed by atoms with van der Waals surface area (Å²) in [4.78, 5) is 24.6. The predicted molar refractivity (Wildman–Crippen MR) is 155 cm³/mol. The number of aliphatic hydroxyl groups is 2. The molecule has 0 aliphatic heterocycles. The molecule has 2 rings (SSSR count). The van der Waals surface area contributed by atoms with Gasteiger partial charge < -0.3 is 29.4 Å². The molecule has 0 saturated carbocycles. The highest BCUT2D eigenvalue weighted by atomic mass is 28.4. The Morgan fingerprint density at radius 2 is 1.41 bits per heavy atom. The van der Waals surface area contributed by atoms with E-state index in [4.69, 9.17) is 13.9 Å². The summed E-state index contributed by atoms with van der Waals surface area (Å²) >= 11 is 0. The van der Waals surface area contributed by atoms with Gasteiger partial charge in [0.2, 0.25) is 0 Å². The van der Waals surface area contributed by atoms with Crippen molar-refractivity contribution in [3.8, 4) is 0 Å². The average molecular weight is 560 g/mol. The van der Waals surface area contributed by atoms with E-state index in [0.29, 0.717) is 0 Å². The molecule has 1 amide bonds. The molecule has 0 spiro atoms. The second-order valence-corrected chi connectivity index (χ2v) is 16.0. The van der Waals surface area contributed by atoms with E-state index >= 15 is 0 Å². The van der Waals surface area contributed by atoms with Crippen LogP contribution in [0.2, 0.25) is 5.04 Å². The predicted octanol–water partition coefficient (Wildman–Crippen LogP) is 3.52. The summed E-state index contributed by atoms with van der Waals surface area (Å²) in [7, 11) is -2.97. The van der Waals surface area contributed by atoms with Crippen LogP contribution in [0.1, 0.15) is 61.3 Å². The van der Waals surface area contributed by atoms with E-state index in [1.807, 2.05) is 36.4 Å². The van der Waals surface area contributed by atoms with E-state index in [1.165, 1.54) is 0 Å². The van der Waals surface area contributed by atoms with E-state index in [1.54, 1.807) is 27.7 Å².